The number of anilines is 1. The van der Waals surface area contributed by atoms with Gasteiger partial charge >= 0.3 is 0 Å². The molecule has 0 spiro atoms. The monoisotopic (exact) mass is 260 g/mol. The number of nitrogens with one attached hydrogen (secondary N) is 1. The second-order valence-electron chi connectivity index (χ2n) is 5.62. The van der Waals surface area contributed by atoms with E-state index < -0.39 is 0 Å². The molecule has 1 aliphatic heterocycles. The molecule has 0 fully saturated rings. The standard InChI is InChI=1S/C16H24N2O/c1-5-18(11(2)3)16(19)14-10-13-8-6-7-9-15(13)17-12(14)4/h6-9,11-12,14,17H,5,10H2,1-4H3. The smallest absolute Gasteiger partial charge is 0.228 e. The van der Waals surface area contributed by atoms with Gasteiger partial charge in [-0.25, -0.2) is 0 Å². The normalized spacial score (nSPS) is 21.7. The molecule has 104 valence electrons. The van der Waals surface area contributed by atoms with E-state index in [9.17, 15) is 4.79 Å². The van der Waals surface area contributed by atoms with Gasteiger partial charge in [-0.2, -0.15) is 0 Å². The lowest BCUT2D eigenvalue weighted by Gasteiger charge is -2.36. The zero-order chi connectivity index (χ0) is 14.0. The number of carbonyl (C=O) groups is 1. The van der Waals surface area contributed by atoms with Crippen molar-refractivity contribution in [2.75, 3.05) is 11.9 Å². The Labute approximate surface area is 116 Å². The first-order chi connectivity index (χ1) is 9.04. The predicted octanol–water partition coefficient (Wildman–Crippen LogP) is 2.92. The van der Waals surface area contributed by atoms with E-state index in [0.717, 1.165) is 13.0 Å². The highest BCUT2D eigenvalue weighted by Gasteiger charge is 2.33. The molecule has 0 aromatic heterocycles. The third kappa shape index (κ3) is 2.75. The zero-order valence-corrected chi connectivity index (χ0v) is 12.3. The summed E-state index contributed by atoms with van der Waals surface area (Å²) >= 11 is 0. The fraction of sp³-hybridized carbons (Fsp3) is 0.562. The predicted molar refractivity (Wildman–Crippen MR) is 79.2 cm³/mol. The zero-order valence-electron chi connectivity index (χ0n) is 12.3. The molecule has 3 heteroatoms. The van der Waals surface area contributed by atoms with Gasteiger partial charge in [0.1, 0.15) is 0 Å². The van der Waals surface area contributed by atoms with Crippen molar-refractivity contribution in [3.05, 3.63) is 29.8 Å². The Morgan fingerprint density at radius 2 is 2.11 bits per heavy atom. The molecule has 2 atom stereocenters. The minimum atomic E-state index is 0.0391. The summed E-state index contributed by atoms with van der Waals surface area (Å²) in [6, 6.07) is 8.73. The second-order valence-corrected chi connectivity index (χ2v) is 5.62. The molecule has 1 aliphatic rings. The lowest BCUT2D eigenvalue weighted by molar-refractivity contribution is -0.137. The summed E-state index contributed by atoms with van der Waals surface area (Å²) < 4.78 is 0. The van der Waals surface area contributed by atoms with Crippen LogP contribution < -0.4 is 5.32 Å². The van der Waals surface area contributed by atoms with Crippen molar-refractivity contribution in [2.24, 2.45) is 5.92 Å². The highest BCUT2D eigenvalue weighted by molar-refractivity contribution is 5.82. The van der Waals surface area contributed by atoms with Gasteiger partial charge in [0.05, 0.1) is 5.92 Å². The molecular weight excluding hydrogens is 236 g/mol. The van der Waals surface area contributed by atoms with Gasteiger partial charge in [-0.1, -0.05) is 18.2 Å². The summed E-state index contributed by atoms with van der Waals surface area (Å²) in [6.07, 6.45) is 0.840. The number of amides is 1. The first-order valence-corrected chi connectivity index (χ1v) is 7.19. The molecule has 1 aromatic rings. The molecule has 0 radical (unpaired) electrons. The lowest BCUT2D eigenvalue weighted by Crippen LogP contribution is -2.47. The van der Waals surface area contributed by atoms with Crippen LogP contribution in [0.3, 0.4) is 0 Å². The van der Waals surface area contributed by atoms with Gasteiger partial charge in [0.15, 0.2) is 0 Å². The Morgan fingerprint density at radius 3 is 2.74 bits per heavy atom. The van der Waals surface area contributed by atoms with Crippen molar-refractivity contribution in [3.8, 4) is 0 Å². The van der Waals surface area contributed by atoms with Crippen LogP contribution in [0.15, 0.2) is 24.3 Å². The number of hydrogen-bond donors (Lipinski definition) is 1. The molecule has 1 aromatic carbocycles. The molecule has 0 bridgehead atoms. The summed E-state index contributed by atoms with van der Waals surface area (Å²) in [4.78, 5) is 14.6. The van der Waals surface area contributed by atoms with Crippen molar-refractivity contribution < 1.29 is 4.79 Å². The van der Waals surface area contributed by atoms with E-state index in [0.29, 0.717) is 0 Å². The van der Waals surface area contributed by atoms with Gasteiger partial charge in [0, 0.05) is 24.3 Å². The maximum atomic E-state index is 12.7. The van der Waals surface area contributed by atoms with Crippen LogP contribution in [0.25, 0.3) is 0 Å². The van der Waals surface area contributed by atoms with Crippen molar-refractivity contribution >= 4 is 11.6 Å². The maximum absolute atomic E-state index is 12.7. The highest BCUT2D eigenvalue weighted by Crippen LogP contribution is 2.29. The van der Waals surface area contributed by atoms with Crippen LogP contribution in [0.4, 0.5) is 5.69 Å². The fourth-order valence-corrected chi connectivity index (χ4v) is 2.89. The van der Waals surface area contributed by atoms with Gasteiger partial charge in [-0.05, 0) is 45.7 Å². The minimum Gasteiger partial charge on any atom is -0.382 e. The van der Waals surface area contributed by atoms with E-state index in [-0.39, 0.29) is 23.9 Å². The number of nitrogens with zero attached hydrogens (tertiary/aromatic N) is 1. The quantitative estimate of drug-likeness (QED) is 0.906. The van der Waals surface area contributed by atoms with Crippen molar-refractivity contribution in [1.82, 2.24) is 4.90 Å². The van der Waals surface area contributed by atoms with Crippen LogP contribution >= 0.6 is 0 Å². The molecular formula is C16H24N2O. The average Bonchev–Trinajstić information content (AvgIpc) is 2.38. The summed E-state index contributed by atoms with van der Waals surface area (Å²) in [5, 5.41) is 3.46. The lowest BCUT2D eigenvalue weighted by atomic mass is 9.86. The third-order valence-electron chi connectivity index (χ3n) is 4.01. The number of hydrogen-bond acceptors (Lipinski definition) is 2. The fourth-order valence-electron chi connectivity index (χ4n) is 2.89. The van der Waals surface area contributed by atoms with Gasteiger partial charge in [-0.15, -0.1) is 0 Å². The van der Waals surface area contributed by atoms with Gasteiger partial charge in [0.25, 0.3) is 0 Å². The third-order valence-corrected chi connectivity index (χ3v) is 4.01. The summed E-state index contributed by atoms with van der Waals surface area (Å²) in [5.74, 6) is 0.309. The summed E-state index contributed by atoms with van der Waals surface area (Å²) in [6.45, 7) is 9.09. The average molecular weight is 260 g/mol. The van der Waals surface area contributed by atoms with Crippen LogP contribution in [0, 0.1) is 5.92 Å². The Balaban J connectivity index is 2.20. The van der Waals surface area contributed by atoms with E-state index in [2.05, 4.69) is 38.2 Å². The van der Waals surface area contributed by atoms with Crippen LogP contribution in [0.2, 0.25) is 0 Å². The Bertz CT molecular complexity index is 456. The Hall–Kier alpha value is -1.51. The first kappa shape index (κ1) is 13.9. The highest BCUT2D eigenvalue weighted by atomic mass is 16.2. The molecule has 1 heterocycles. The molecule has 3 nitrogen and oxygen atoms in total. The van der Waals surface area contributed by atoms with E-state index in [1.54, 1.807) is 0 Å². The number of carbonyl (C=O) groups excluding carboxylic acids is 1. The van der Waals surface area contributed by atoms with E-state index in [1.165, 1.54) is 11.3 Å². The molecule has 2 unspecified atom stereocenters. The second kappa shape index (κ2) is 5.64. The van der Waals surface area contributed by atoms with Crippen LogP contribution in [0.1, 0.15) is 33.3 Å². The molecule has 0 saturated carbocycles. The maximum Gasteiger partial charge on any atom is 0.228 e. The molecule has 1 amide bonds. The number of rotatable bonds is 3. The van der Waals surface area contributed by atoms with Gasteiger partial charge < -0.3 is 10.2 Å². The first-order valence-electron chi connectivity index (χ1n) is 7.19. The van der Waals surface area contributed by atoms with Crippen molar-refractivity contribution in [3.63, 3.8) is 0 Å². The number of fused-ring (bicyclic) bond motifs is 1. The van der Waals surface area contributed by atoms with Crippen molar-refractivity contribution in [1.29, 1.82) is 0 Å². The van der Waals surface area contributed by atoms with Crippen LogP contribution in [-0.4, -0.2) is 29.4 Å². The number of benzene rings is 1. The van der Waals surface area contributed by atoms with E-state index in [4.69, 9.17) is 0 Å². The molecule has 19 heavy (non-hydrogen) atoms. The van der Waals surface area contributed by atoms with Gasteiger partial charge in [-0.3, -0.25) is 4.79 Å². The Kier molecular flexibility index (Phi) is 4.13. The number of para-hydroxylation sites is 1. The summed E-state index contributed by atoms with van der Waals surface area (Å²) in [7, 11) is 0. The molecule has 0 aliphatic carbocycles. The van der Waals surface area contributed by atoms with E-state index in [1.807, 2.05) is 24.0 Å². The molecule has 0 saturated heterocycles. The minimum absolute atomic E-state index is 0.0391. The SMILES string of the molecule is CCN(C(=O)C1Cc2ccccc2NC1C)C(C)C. The Morgan fingerprint density at radius 1 is 1.42 bits per heavy atom. The van der Waals surface area contributed by atoms with E-state index >= 15 is 0 Å². The molecule has 2 rings (SSSR count). The van der Waals surface area contributed by atoms with Crippen molar-refractivity contribution in [2.45, 2.75) is 46.2 Å². The summed E-state index contributed by atoms with van der Waals surface area (Å²) in [5.41, 5.74) is 2.42. The van der Waals surface area contributed by atoms with Crippen LogP contribution in [-0.2, 0) is 11.2 Å². The van der Waals surface area contributed by atoms with Crippen LogP contribution in [0.5, 0.6) is 0 Å². The molecule has 1 N–H and O–H groups in total. The largest absolute Gasteiger partial charge is 0.382 e. The topological polar surface area (TPSA) is 32.3 Å². The van der Waals surface area contributed by atoms with Gasteiger partial charge in [0.2, 0.25) is 5.91 Å².